The lowest BCUT2D eigenvalue weighted by molar-refractivity contribution is 0.742. The third-order valence-electron chi connectivity index (χ3n) is 3.08. The Labute approximate surface area is 88.3 Å². The van der Waals surface area contributed by atoms with Gasteiger partial charge in [0.05, 0.1) is 6.20 Å². The molecule has 1 aromatic heterocycles. The standard InChI is InChI=1S/C12H13N3/c13-11-7-14-12(15-11)10-6-5-8-3-1-2-4-9(8)10/h1-4,7,10H,5-6,13H2,(H,14,15). The van der Waals surface area contributed by atoms with Crippen LogP contribution in [0.15, 0.2) is 30.5 Å². The number of aryl methyl sites for hydroxylation is 1. The van der Waals surface area contributed by atoms with Gasteiger partial charge in [0, 0.05) is 5.92 Å². The first kappa shape index (κ1) is 8.53. The van der Waals surface area contributed by atoms with Gasteiger partial charge in [0.25, 0.3) is 0 Å². The van der Waals surface area contributed by atoms with Gasteiger partial charge >= 0.3 is 0 Å². The van der Waals surface area contributed by atoms with Crippen molar-refractivity contribution < 1.29 is 0 Å². The molecule has 3 heteroatoms. The number of nitrogens with one attached hydrogen (secondary N) is 1. The molecule has 0 radical (unpaired) electrons. The van der Waals surface area contributed by atoms with E-state index in [9.17, 15) is 0 Å². The summed E-state index contributed by atoms with van der Waals surface area (Å²) in [5, 5.41) is 0. The van der Waals surface area contributed by atoms with Gasteiger partial charge in [-0.1, -0.05) is 24.3 Å². The van der Waals surface area contributed by atoms with Crippen molar-refractivity contribution in [1.29, 1.82) is 0 Å². The minimum Gasteiger partial charge on any atom is -0.384 e. The molecule has 1 aromatic carbocycles. The van der Waals surface area contributed by atoms with Crippen LogP contribution in [0.4, 0.5) is 5.82 Å². The van der Waals surface area contributed by atoms with Crippen molar-refractivity contribution in [2.75, 3.05) is 5.73 Å². The highest BCUT2D eigenvalue weighted by atomic mass is 15.0. The molecule has 15 heavy (non-hydrogen) atoms. The van der Waals surface area contributed by atoms with E-state index in [0.29, 0.717) is 11.7 Å². The van der Waals surface area contributed by atoms with Gasteiger partial charge in [-0.15, -0.1) is 0 Å². The van der Waals surface area contributed by atoms with Crippen LogP contribution >= 0.6 is 0 Å². The molecule has 3 rings (SSSR count). The maximum atomic E-state index is 5.65. The van der Waals surface area contributed by atoms with Crippen molar-refractivity contribution in [1.82, 2.24) is 9.97 Å². The quantitative estimate of drug-likeness (QED) is 0.738. The fourth-order valence-corrected chi connectivity index (χ4v) is 2.37. The van der Waals surface area contributed by atoms with E-state index < -0.39 is 0 Å². The van der Waals surface area contributed by atoms with Crippen molar-refractivity contribution >= 4 is 5.82 Å². The molecular weight excluding hydrogens is 186 g/mol. The summed E-state index contributed by atoms with van der Waals surface area (Å²) in [7, 11) is 0. The first-order chi connectivity index (χ1) is 7.34. The smallest absolute Gasteiger partial charge is 0.120 e. The van der Waals surface area contributed by atoms with Crippen LogP contribution in [0.3, 0.4) is 0 Å². The van der Waals surface area contributed by atoms with E-state index in [1.165, 1.54) is 11.1 Å². The number of aromatic nitrogens is 2. The summed E-state index contributed by atoms with van der Waals surface area (Å²) in [6, 6.07) is 8.56. The van der Waals surface area contributed by atoms with Gasteiger partial charge < -0.3 is 10.7 Å². The van der Waals surface area contributed by atoms with Gasteiger partial charge in [0.2, 0.25) is 0 Å². The minimum absolute atomic E-state index is 0.401. The number of imidazole rings is 1. The topological polar surface area (TPSA) is 54.7 Å². The zero-order chi connectivity index (χ0) is 10.3. The van der Waals surface area contributed by atoms with Crippen molar-refractivity contribution in [3.05, 3.63) is 47.4 Å². The van der Waals surface area contributed by atoms with E-state index in [1.54, 1.807) is 6.20 Å². The van der Waals surface area contributed by atoms with E-state index in [0.717, 1.165) is 18.7 Å². The van der Waals surface area contributed by atoms with Crippen LogP contribution in [0, 0.1) is 0 Å². The monoisotopic (exact) mass is 199 g/mol. The molecule has 3 N–H and O–H groups in total. The van der Waals surface area contributed by atoms with Crippen LogP contribution in [0.5, 0.6) is 0 Å². The summed E-state index contributed by atoms with van der Waals surface area (Å²) in [6.07, 6.45) is 3.96. The Morgan fingerprint density at radius 2 is 2.20 bits per heavy atom. The van der Waals surface area contributed by atoms with Gasteiger partial charge in [0.1, 0.15) is 11.6 Å². The summed E-state index contributed by atoms with van der Waals surface area (Å²) in [5.74, 6) is 2.05. The summed E-state index contributed by atoms with van der Waals surface area (Å²) in [6.45, 7) is 0. The maximum Gasteiger partial charge on any atom is 0.120 e. The maximum absolute atomic E-state index is 5.65. The molecule has 0 fully saturated rings. The van der Waals surface area contributed by atoms with Crippen LogP contribution in [0.2, 0.25) is 0 Å². The number of aromatic amines is 1. The highest BCUT2D eigenvalue weighted by molar-refractivity contribution is 5.40. The van der Waals surface area contributed by atoms with Gasteiger partial charge in [0.15, 0.2) is 0 Å². The number of nitrogen functional groups attached to an aromatic ring is 1. The molecule has 0 aliphatic heterocycles. The molecule has 1 aliphatic carbocycles. The Morgan fingerprint density at radius 3 is 3.00 bits per heavy atom. The van der Waals surface area contributed by atoms with Gasteiger partial charge in [-0.25, -0.2) is 4.98 Å². The zero-order valence-electron chi connectivity index (χ0n) is 8.40. The molecule has 1 unspecified atom stereocenters. The van der Waals surface area contributed by atoms with E-state index in [-0.39, 0.29) is 0 Å². The highest BCUT2D eigenvalue weighted by Gasteiger charge is 2.25. The molecular formula is C12H13N3. The minimum atomic E-state index is 0.401. The largest absolute Gasteiger partial charge is 0.384 e. The summed E-state index contributed by atoms with van der Waals surface area (Å²) in [4.78, 5) is 7.44. The number of benzene rings is 1. The lowest BCUT2D eigenvalue weighted by atomic mass is 10.0. The van der Waals surface area contributed by atoms with Crippen LogP contribution in [0.1, 0.15) is 29.3 Å². The molecule has 3 nitrogen and oxygen atoms in total. The molecule has 76 valence electrons. The third-order valence-corrected chi connectivity index (χ3v) is 3.08. The van der Waals surface area contributed by atoms with E-state index in [4.69, 9.17) is 5.73 Å². The summed E-state index contributed by atoms with van der Waals surface area (Å²) < 4.78 is 0. The number of H-pyrrole nitrogens is 1. The van der Waals surface area contributed by atoms with Crippen molar-refractivity contribution in [2.24, 2.45) is 0 Å². The normalized spacial score (nSPS) is 19.1. The second-order valence-electron chi connectivity index (χ2n) is 4.01. The first-order valence-corrected chi connectivity index (χ1v) is 5.23. The number of rotatable bonds is 1. The van der Waals surface area contributed by atoms with E-state index in [1.807, 2.05) is 0 Å². The molecule has 0 saturated heterocycles. The molecule has 1 heterocycles. The summed E-state index contributed by atoms with van der Waals surface area (Å²) in [5.41, 5.74) is 8.49. The molecule has 2 aromatic rings. The first-order valence-electron chi connectivity index (χ1n) is 5.23. The fraction of sp³-hybridized carbons (Fsp3) is 0.250. The number of fused-ring (bicyclic) bond motifs is 1. The predicted octanol–water partition coefficient (Wildman–Crippen LogP) is 2.07. The van der Waals surface area contributed by atoms with Gasteiger partial charge in [-0.3, -0.25) is 0 Å². The van der Waals surface area contributed by atoms with Crippen molar-refractivity contribution in [3.63, 3.8) is 0 Å². The average molecular weight is 199 g/mol. The lowest BCUT2D eigenvalue weighted by Crippen LogP contribution is -1.98. The number of hydrogen-bond acceptors (Lipinski definition) is 2. The SMILES string of the molecule is Nc1cnc(C2CCc3ccccc32)[nH]1. The van der Waals surface area contributed by atoms with Crippen molar-refractivity contribution in [3.8, 4) is 0 Å². The van der Waals surface area contributed by atoms with Crippen LogP contribution in [-0.4, -0.2) is 9.97 Å². The highest BCUT2D eigenvalue weighted by Crippen LogP contribution is 2.36. The Kier molecular flexibility index (Phi) is 1.78. The molecule has 0 amide bonds. The fourth-order valence-electron chi connectivity index (χ4n) is 2.37. The van der Waals surface area contributed by atoms with E-state index >= 15 is 0 Å². The third kappa shape index (κ3) is 1.31. The molecule has 0 spiro atoms. The summed E-state index contributed by atoms with van der Waals surface area (Å²) >= 11 is 0. The molecule has 0 saturated carbocycles. The number of hydrogen-bond donors (Lipinski definition) is 2. The second kappa shape index (κ2) is 3.12. The average Bonchev–Trinajstić information content (AvgIpc) is 2.83. The molecule has 1 atom stereocenters. The van der Waals surface area contributed by atoms with Crippen LogP contribution in [0.25, 0.3) is 0 Å². The number of anilines is 1. The number of nitrogens with two attached hydrogens (primary N) is 1. The molecule has 0 bridgehead atoms. The Bertz CT molecular complexity index is 487. The predicted molar refractivity (Wildman–Crippen MR) is 59.6 cm³/mol. The van der Waals surface area contributed by atoms with Crippen molar-refractivity contribution in [2.45, 2.75) is 18.8 Å². The number of nitrogens with zero attached hydrogens (tertiary/aromatic N) is 1. The van der Waals surface area contributed by atoms with Gasteiger partial charge in [-0.05, 0) is 24.0 Å². The second-order valence-corrected chi connectivity index (χ2v) is 4.01. The van der Waals surface area contributed by atoms with Crippen LogP contribution in [-0.2, 0) is 6.42 Å². The zero-order valence-corrected chi connectivity index (χ0v) is 8.40. The Hall–Kier alpha value is -1.77. The van der Waals surface area contributed by atoms with E-state index in [2.05, 4.69) is 34.2 Å². The lowest BCUT2D eigenvalue weighted by Gasteiger charge is -2.07. The van der Waals surface area contributed by atoms with Crippen LogP contribution < -0.4 is 5.73 Å². The Balaban J connectivity index is 2.04. The molecule has 1 aliphatic rings. The van der Waals surface area contributed by atoms with Gasteiger partial charge in [-0.2, -0.15) is 0 Å². The Morgan fingerprint density at radius 1 is 1.33 bits per heavy atom.